The molecule has 0 aliphatic heterocycles. The molecule has 0 bridgehead atoms. The lowest BCUT2D eigenvalue weighted by atomic mass is 10.0. The van der Waals surface area contributed by atoms with Gasteiger partial charge < -0.3 is 19.4 Å². The molecule has 0 saturated carbocycles. The number of carbonyl (C=O) groups excluding carboxylic acids is 2. The average Bonchev–Trinajstić information content (AvgIpc) is 2.86. The molecule has 0 radical (unpaired) electrons. The van der Waals surface area contributed by atoms with E-state index in [0.717, 1.165) is 0 Å². The summed E-state index contributed by atoms with van der Waals surface area (Å²) in [5, 5.41) is 2.89. The lowest BCUT2D eigenvalue weighted by Crippen LogP contribution is -2.24. The Bertz CT molecular complexity index is 1430. The minimum Gasteiger partial charge on any atom is -0.493 e. The lowest BCUT2D eigenvalue weighted by molar-refractivity contribution is -0.116. The number of fused-ring (bicyclic) bond motifs is 1. The van der Waals surface area contributed by atoms with Crippen LogP contribution in [-0.2, 0) is 11.3 Å². The molecule has 4 rings (SSSR count). The second-order valence-electron chi connectivity index (χ2n) is 7.47. The number of ether oxygens (including phenoxy) is 2. The zero-order chi connectivity index (χ0) is 24.2. The van der Waals surface area contributed by atoms with Crippen molar-refractivity contribution in [3.05, 3.63) is 100 Å². The van der Waals surface area contributed by atoms with Crippen LogP contribution in [0, 0.1) is 5.82 Å². The fourth-order valence-electron chi connectivity index (χ4n) is 3.64. The number of hydrogen-bond acceptors (Lipinski definition) is 5. The number of carbonyl (C=O) groups is 2. The van der Waals surface area contributed by atoms with Crippen molar-refractivity contribution in [2.24, 2.45) is 0 Å². The molecule has 8 heteroatoms. The minimum absolute atomic E-state index is 0.0829. The first-order chi connectivity index (χ1) is 16.4. The molecule has 0 aliphatic rings. The van der Waals surface area contributed by atoms with Gasteiger partial charge in [0.2, 0.25) is 11.3 Å². The van der Waals surface area contributed by atoms with E-state index in [2.05, 4.69) is 5.32 Å². The van der Waals surface area contributed by atoms with Gasteiger partial charge in [0.05, 0.1) is 30.7 Å². The summed E-state index contributed by atoms with van der Waals surface area (Å²) in [6.45, 7) is -0.210. The first kappa shape index (κ1) is 22.7. The monoisotopic (exact) mass is 460 g/mol. The molecule has 0 atom stereocenters. The maximum atomic E-state index is 13.3. The van der Waals surface area contributed by atoms with Gasteiger partial charge in [0, 0.05) is 23.5 Å². The second-order valence-corrected chi connectivity index (χ2v) is 7.47. The van der Waals surface area contributed by atoms with Gasteiger partial charge in [-0.05, 0) is 30.3 Å². The van der Waals surface area contributed by atoms with Gasteiger partial charge in [-0.15, -0.1) is 0 Å². The summed E-state index contributed by atoms with van der Waals surface area (Å²) < 4.78 is 25.4. The number of nitrogens with one attached hydrogen (secondary N) is 1. The second kappa shape index (κ2) is 9.58. The lowest BCUT2D eigenvalue weighted by Gasteiger charge is -2.16. The topological polar surface area (TPSA) is 86.6 Å². The number of rotatable bonds is 7. The van der Waals surface area contributed by atoms with Gasteiger partial charge in [-0.2, -0.15) is 0 Å². The number of pyridine rings is 1. The number of halogens is 1. The van der Waals surface area contributed by atoms with Crippen molar-refractivity contribution in [3.63, 3.8) is 0 Å². The van der Waals surface area contributed by atoms with Gasteiger partial charge in [-0.1, -0.05) is 30.3 Å². The summed E-state index contributed by atoms with van der Waals surface area (Å²) in [5.74, 6) is -0.628. The van der Waals surface area contributed by atoms with Gasteiger partial charge in [0.25, 0.3) is 0 Å². The highest BCUT2D eigenvalue weighted by Gasteiger charge is 2.20. The number of hydrogen-bond donors (Lipinski definition) is 1. The number of nitrogens with zero attached hydrogens (tertiary/aromatic N) is 1. The van der Waals surface area contributed by atoms with Gasteiger partial charge in [-0.3, -0.25) is 14.4 Å². The summed E-state index contributed by atoms with van der Waals surface area (Å²) in [5.41, 5.74) is 0.584. The highest BCUT2D eigenvalue weighted by Crippen LogP contribution is 2.31. The third-order valence-corrected chi connectivity index (χ3v) is 5.31. The molecule has 1 amide bonds. The van der Waals surface area contributed by atoms with Crippen LogP contribution in [0.25, 0.3) is 10.9 Å². The zero-order valence-electron chi connectivity index (χ0n) is 18.5. The average molecular weight is 460 g/mol. The molecule has 0 aliphatic carbocycles. The molecule has 1 heterocycles. The molecular weight excluding hydrogens is 439 g/mol. The molecular formula is C26H21FN2O5. The van der Waals surface area contributed by atoms with E-state index < -0.39 is 22.9 Å². The van der Waals surface area contributed by atoms with Crippen molar-refractivity contribution < 1.29 is 23.5 Å². The van der Waals surface area contributed by atoms with Crippen LogP contribution in [0.4, 0.5) is 10.1 Å². The molecule has 0 spiro atoms. The molecule has 3 aromatic carbocycles. The Balaban J connectivity index is 1.83. The van der Waals surface area contributed by atoms with Crippen molar-refractivity contribution in [1.29, 1.82) is 0 Å². The fourth-order valence-corrected chi connectivity index (χ4v) is 3.64. The first-order valence-corrected chi connectivity index (χ1v) is 10.4. The van der Waals surface area contributed by atoms with Crippen molar-refractivity contribution in [1.82, 2.24) is 4.57 Å². The van der Waals surface area contributed by atoms with Gasteiger partial charge >= 0.3 is 0 Å². The van der Waals surface area contributed by atoms with Crippen LogP contribution in [0.3, 0.4) is 0 Å². The maximum Gasteiger partial charge on any atom is 0.244 e. The van der Waals surface area contributed by atoms with Gasteiger partial charge in [-0.25, -0.2) is 4.39 Å². The number of anilines is 1. The third-order valence-electron chi connectivity index (χ3n) is 5.31. The maximum absolute atomic E-state index is 13.3. The molecule has 0 saturated heterocycles. The van der Waals surface area contributed by atoms with Gasteiger partial charge in [0.15, 0.2) is 17.3 Å². The fraction of sp³-hybridized carbons (Fsp3) is 0.115. The Kier molecular flexibility index (Phi) is 6.40. The summed E-state index contributed by atoms with van der Waals surface area (Å²) in [7, 11) is 2.90. The normalized spacial score (nSPS) is 10.7. The summed E-state index contributed by atoms with van der Waals surface area (Å²) in [4.78, 5) is 39.2. The number of benzene rings is 3. The highest BCUT2D eigenvalue weighted by atomic mass is 19.1. The van der Waals surface area contributed by atoms with Crippen LogP contribution >= 0.6 is 0 Å². The SMILES string of the molecule is COc1cc2c(=O)c(C(=O)c3ccccc3)cn(CC(=O)Nc3ccc(F)cc3)c2cc1OC. The van der Waals surface area contributed by atoms with Crippen LogP contribution in [0.2, 0.25) is 0 Å². The standard InChI is InChI=1S/C26H21FN2O5/c1-33-22-12-19-21(13-23(22)34-2)29(15-24(30)28-18-10-8-17(27)9-11-18)14-20(26(19)32)25(31)16-6-4-3-5-7-16/h3-14H,15H2,1-2H3,(H,28,30). The van der Waals surface area contributed by atoms with E-state index in [1.54, 1.807) is 36.4 Å². The largest absolute Gasteiger partial charge is 0.493 e. The molecule has 1 N–H and O–H groups in total. The molecule has 1 aromatic heterocycles. The first-order valence-electron chi connectivity index (χ1n) is 10.4. The van der Waals surface area contributed by atoms with Crippen molar-refractivity contribution >= 4 is 28.3 Å². The molecule has 4 aromatic rings. The van der Waals surface area contributed by atoms with Crippen molar-refractivity contribution in [3.8, 4) is 11.5 Å². The molecule has 172 valence electrons. The van der Waals surface area contributed by atoms with Crippen LogP contribution in [0.1, 0.15) is 15.9 Å². The van der Waals surface area contributed by atoms with E-state index >= 15 is 0 Å². The van der Waals surface area contributed by atoms with Gasteiger partial charge in [0.1, 0.15) is 12.4 Å². The number of aromatic nitrogens is 1. The van der Waals surface area contributed by atoms with Crippen LogP contribution in [0.15, 0.2) is 77.7 Å². The molecule has 0 fully saturated rings. The number of ketones is 1. The zero-order valence-corrected chi connectivity index (χ0v) is 18.5. The Morgan fingerprint density at radius 1 is 0.941 bits per heavy atom. The van der Waals surface area contributed by atoms with Crippen LogP contribution in [-0.4, -0.2) is 30.5 Å². The molecule has 0 unspecified atom stereocenters. The predicted octanol–water partition coefficient (Wildman–Crippen LogP) is 4.03. The number of amides is 1. The van der Waals surface area contributed by atoms with Crippen molar-refractivity contribution in [2.75, 3.05) is 19.5 Å². The quantitative estimate of drug-likeness (QED) is 0.421. The Morgan fingerprint density at radius 2 is 1.59 bits per heavy atom. The van der Waals surface area contributed by atoms with E-state index in [0.29, 0.717) is 28.3 Å². The van der Waals surface area contributed by atoms with E-state index in [1.165, 1.54) is 55.3 Å². The Hall–Kier alpha value is -4.46. The summed E-state index contributed by atoms with van der Waals surface area (Å²) >= 11 is 0. The van der Waals surface area contributed by atoms with Crippen molar-refractivity contribution in [2.45, 2.75) is 6.54 Å². The van der Waals surface area contributed by atoms with E-state index in [1.807, 2.05) is 0 Å². The summed E-state index contributed by atoms with van der Waals surface area (Å²) in [6.07, 6.45) is 1.37. The number of methoxy groups -OCH3 is 2. The Morgan fingerprint density at radius 3 is 2.24 bits per heavy atom. The highest BCUT2D eigenvalue weighted by molar-refractivity contribution is 6.10. The third kappa shape index (κ3) is 4.52. The van der Waals surface area contributed by atoms with E-state index in [9.17, 15) is 18.8 Å². The summed E-state index contributed by atoms with van der Waals surface area (Å²) in [6, 6.07) is 16.8. The Labute approximate surface area is 194 Å². The molecule has 7 nitrogen and oxygen atoms in total. The predicted molar refractivity (Wildman–Crippen MR) is 126 cm³/mol. The van der Waals surface area contributed by atoms with Crippen LogP contribution < -0.4 is 20.2 Å². The van der Waals surface area contributed by atoms with E-state index in [-0.39, 0.29) is 17.5 Å². The minimum atomic E-state index is -0.486. The molecule has 34 heavy (non-hydrogen) atoms. The van der Waals surface area contributed by atoms with E-state index in [4.69, 9.17) is 9.47 Å². The van der Waals surface area contributed by atoms with Crippen LogP contribution in [0.5, 0.6) is 11.5 Å². The smallest absolute Gasteiger partial charge is 0.244 e.